The summed E-state index contributed by atoms with van der Waals surface area (Å²) in [5.74, 6) is -0.965. The average Bonchev–Trinajstić information content (AvgIpc) is 2.46. The molecule has 0 spiro atoms. The molecule has 1 N–H and O–H groups in total. The van der Waals surface area contributed by atoms with Gasteiger partial charge in [0.15, 0.2) is 0 Å². The lowest BCUT2D eigenvalue weighted by Crippen LogP contribution is -2.19. The highest BCUT2D eigenvalue weighted by Gasteiger charge is 2.18. The molecule has 1 unspecified atom stereocenters. The molecule has 0 aliphatic rings. The van der Waals surface area contributed by atoms with Crippen LogP contribution in [0.15, 0.2) is 48.5 Å². The highest BCUT2D eigenvalue weighted by molar-refractivity contribution is 5.23. The summed E-state index contributed by atoms with van der Waals surface area (Å²) in [5, 5.41) is 3.01. The van der Waals surface area contributed by atoms with E-state index in [1.807, 2.05) is 18.2 Å². The lowest BCUT2D eigenvalue weighted by molar-refractivity contribution is 0.462. The van der Waals surface area contributed by atoms with E-state index in [0.29, 0.717) is 6.42 Å². The molecule has 0 saturated heterocycles. The minimum atomic E-state index is -0.482. The van der Waals surface area contributed by atoms with Gasteiger partial charge in [0.1, 0.15) is 11.6 Å². The van der Waals surface area contributed by atoms with Crippen molar-refractivity contribution in [3.63, 3.8) is 0 Å². The van der Waals surface area contributed by atoms with Gasteiger partial charge in [-0.3, -0.25) is 0 Å². The molecule has 1 atom stereocenters. The molecule has 0 aliphatic heterocycles. The second-order valence-electron chi connectivity index (χ2n) is 4.85. The normalized spacial score (nSPS) is 12.3. The van der Waals surface area contributed by atoms with E-state index >= 15 is 0 Å². The maximum absolute atomic E-state index is 13.8. The van der Waals surface area contributed by atoms with Gasteiger partial charge in [0.25, 0.3) is 0 Å². The fourth-order valence-corrected chi connectivity index (χ4v) is 2.43. The van der Waals surface area contributed by atoms with Gasteiger partial charge in [0.05, 0.1) is 0 Å². The molecule has 2 rings (SSSR count). The minimum absolute atomic E-state index is 0.142. The summed E-state index contributed by atoms with van der Waals surface area (Å²) >= 11 is 0. The van der Waals surface area contributed by atoms with Crippen molar-refractivity contribution in [3.05, 3.63) is 71.3 Å². The van der Waals surface area contributed by atoms with E-state index < -0.39 is 11.6 Å². The Morgan fingerprint density at radius 1 is 0.950 bits per heavy atom. The zero-order valence-electron chi connectivity index (χ0n) is 11.6. The number of hydrogen-bond donors (Lipinski definition) is 1. The van der Waals surface area contributed by atoms with Crippen molar-refractivity contribution in [3.8, 4) is 0 Å². The third-order valence-electron chi connectivity index (χ3n) is 3.50. The number of benzene rings is 2. The van der Waals surface area contributed by atoms with Crippen LogP contribution in [0, 0.1) is 11.6 Å². The molecule has 0 heterocycles. The van der Waals surface area contributed by atoms with Crippen molar-refractivity contribution < 1.29 is 8.78 Å². The molecule has 0 saturated carbocycles. The maximum atomic E-state index is 13.8. The molecule has 20 heavy (non-hydrogen) atoms. The monoisotopic (exact) mass is 275 g/mol. The zero-order chi connectivity index (χ0) is 14.4. The summed E-state index contributed by atoms with van der Waals surface area (Å²) in [5.41, 5.74) is 1.39. The summed E-state index contributed by atoms with van der Waals surface area (Å²) in [4.78, 5) is 0. The van der Waals surface area contributed by atoms with Crippen molar-refractivity contribution in [2.75, 3.05) is 7.05 Å². The molecule has 106 valence electrons. The summed E-state index contributed by atoms with van der Waals surface area (Å²) in [6, 6.07) is 13.8. The largest absolute Gasteiger partial charge is 0.313 e. The molecule has 0 aromatic heterocycles. The molecular weight excluding hydrogens is 256 g/mol. The quantitative estimate of drug-likeness (QED) is 0.831. The number of hydrogen-bond acceptors (Lipinski definition) is 1. The predicted octanol–water partition coefficient (Wildman–Crippen LogP) is 4.25. The first-order valence-corrected chi connectivity index (χ1v) is 6.87. The second kappa shape index (κ2) is 7.15. The summed E-state index contributed by atoms with van der Waals surface area (Å²) in [6.07, 6.45) is 2.49. The fraction of sp³-hybridized carbons (Fsp3) is 0.294. The Bertz CT molecular complexity index is 520. The molecule has 2 aromatic carbocycles. The molecule has 0 radical (unpaired) electrons. The molecule has 0 fully saturated rings. The van der Waals surface area contributed by atoms with Crippen LogP contribution in [-0.4, -0.2) is 7.05 Å². The first-order chi connectivity index (χ1) is 9.72. The lowest BCUT2D eigenvalue weighted by Gasteiger charge is -2.18. The van der Waals surface area contributed by atoms with Crippen molar-refractivity contribution in [2.24, 2.45) is 0 Å². The Morgan fingerprint density at radius 3 is 2.20 bits per heavy atom. The van der Waals surface area contributed by atoms with Crippen LogP contribution in [0.1, 0.15) is 30.0 Å². The number of rotatable bonds is 6. The fourth-order valence-electron chi connectivity index (χ4n) is 2.43. The molecule has 0 amide bonds. The van der Waals surface area contributed by atoms with E-state index in [-0.39, 0.29) is 11.6 Å². The van der Waals surface area contributed by atoms with Crippen LogP contribution in [0.4, 0.5) is 8.78 Å². The van der Waals surface area contributed by atoms with Gasteiger partial charge in [-0.25, -0.2) is 8.78 Å². The number of nitrogens with one attached hydrogen (secondary N) is 1. The standard InChI is InChI=1S/C17H19F2N/c1-20-16(17-14(18)10-6-11-15(17)19)12-5-9-13-7-3-2-4-8-13/h2-4,6-8,10-11,16,20H,5,9,12H2,1H3. The van der Waals surface area contributed by atoms with Crippen molar-refractivity contribution in [1.29, 1.82) is 0 Å². The Balaban J connectivity index is 1.99. The third kappa shape index (κ3) is 3.64. The SMILES string of the molecule is CNC(CCCc1ccccc1)c1c(F)cccc1F. The first kappa shape index (κ1) is 14.7. The zero-order valence-corrected chi connectivity index (χ0v) is 11.6. The van der Waals surface area contributed by atoms with Crippen molar-refractivity contribution in [1.82, 2.24) is 5.32 Å². The molecule has 2 aromatic rings. The van der Waals surface area contributed by atoms with Crippen LogP contribution in [0.2, 0.25) is 0 Å². The topological polar surface area (TPSA) is 12.0 Å². The van der Waals surface area contributed by atoms with Gasteiger partial charge >= 0.3 is 0 Å². The molecule has 0 bridgehead atoms. The highest BCUT2D eigenvalue weighted by atomic mass is 19.1. The third-order valence-corrected chi connectivity index (χ3v) is 3.50. The van der Waals surface area contributed by atoms with Crippen LogP contribution >= 0.6 is 0 Å². The van der Waals surface area contributed by atoms with Gasteiger partial charge in [-0.15, -0.1) is 0 Å². The minimum Gasteiger partial charge on any atom is -0.313 e. The average molecular weight is 275 g/mol. The summed E-state index contributed by atoms with van der Waals surface area (Å²) < 4.78 is 27.5. The highest BCUT2D eigenvalue weighted by Crippen LogP contribution is 2.24. The first-order valence-electron chi connectivity index (χ1n) is 6.87. The molecule has 1 nitrogen and oxygen atoms in total. The van der Waals surface area contributed by atoms with E-state index in [0.717, 1.165) is 12.8 Å². The van der Waals surface area contributed by atoms with Crippen LogP contribution < -0.4 is 5.32 Å². The molecule has 3 heteroatoms. The van der Waals surface area contributed by atoms with Gasteiger partial charge in [0, 0.05) is 11.6 Å². The van der Waals surface area contributed by atoms with Gasteiger partial charge < -0.3 is 5.32 Å². The molecular formula is C17H19F2N. The maximum Gasteiger partial charge on any atom is 0.130 e. The van der Waals surface area contributed by atoms with Gasteiger partial charge in [-0.2, -0.15) is 0 Å². The van der Waals surface area contributed by atoms with E-state index in [1.165, 1.54) is 23.8 Å². The Hall–Kier alpha value is -1.74. The van der Waals surface area contributed by atoms with Crippen molar-refractivity contribution in [2.45, 2.75) is 25.3 Å². The van der Waals surface area contributed by atoms with Gasteiger partial charge in [0.2, 0.25) is 0 Å². The smallest absolute Gasteiger partial charge is 0.130 e. The number of halogens is 2. The van der Waals surface area contributed by atoms with Crippen LogP contribution in [0.25, 0.3) is 0 Å². The Labute approximate surface area is 118 Å². The van der Waals surface area contributed by atoms with Crippen LogP contribution in [0.3, 0.4) is 0 Å². The van der Waals surface area contributed by atoms with E-state index in [2.05, 4.69) is 17.4 Å². The Kier molecular flexibility index (Phi) is 5.24. The Morgan fingerprint density at radius 2 is 1.60 bits per heavy atom. The predicted molar refractivity (Wildman–Crippen MR) is 77.5 cm³/mol. The number of aryl methyl sites for hydroxylation is 1. The van der Waals surface area contributed by atoms with E-state index in [4.69, 9.17) is 0 Å². The molecule has 0 aliphatic carbocycles. The van der Waals surface area contributed by atoms with E-state index in [1.54, 1.807) is 7.05 Å². The van der Waals surface area contributed by atoms with E-state index in [9.17, 15) is 8.78 Å². The van der Waals surface area contributed by atoms with Crippen molar-refractivity contribution >= 4 is 0 Å². The van der Waals surface area contributed by atoms with Crippen LogP contribution in [0.5, 0.6) is 0 Å². The summed E-state index contributed by atoms with van der Waals surface area (Å²) in [6.45, 7) is 0. The second-order valence-corrected chi connectivity index (χ2v) is 4.85. The van der Waals surface area contributed by atoms with Crippen LogP contribution in [-0.2, 0) is 6.42 Å². The lowest BCUT2D eigenvalue weighted by atomic mass is 9.98. The summed E-state index contributed by atoms with van der Waals surface area (Å²) in [7, 11) is 1.74. The van der Waals surface area contributed by atoms with Gasteiger partial charge in [-0.05, 0) is 44.0 Å². The van der Waals surface area contributed by atoms with Gasteiger partial charge in [-0.1, -0.05) is 36.4 Å².